The van der Waals surface area contributed by atoms with Gasteiger partial charge in [-0.3, -0.25) is 4.72 Å². The Bertz CT molecular complexity index is 716. The van der Waals surface area contributed by atoms with Crippen LogP contribution in [0.2, 0.25) is 10.0 Å². The first kappa shape index (κ1) is 16.6. The van der Waals surface area contributed by atoms with Crippen molar-refractivity contribution in [3.63, 3.8) is 0 Å². The molecule has 2 N–H and O–H groups in total. The monoisotopic (exact) mass is 364 g/mol. The fourth-order valence-electron chi connectivity index (χ4n) is 1.73. The van der Waals surface area contributed by atoms with Gasteiger partial charge >= 0.3 is 0 Å². The lowest BCUT2D eigenvalue weighted by Gasteiger charge is -2.12. The summed E-state index contributed by atoms with van der Waals surface area (Å²) in [6.45, 7) is 3.16. The maximum Gasteiger partial charge on any atom is 0.263 e. The maximum absolute atomic E-state index is 12.4. The Balaban J connectivity index is 2.40. The van der Waals surface area contributed by atoms with Crippen molar-refractivity contribution in [2.45, 2.75) is 18.4 Å². The summed E-state index contributed by atoms with van der Waals surface area (Å²) in [5.74, 6) is 0. The number of hydrogen-bond donors (Lipinski definition) is 2. The van der Waals surface area contributed by atoms with E-state index < -0.39 is 10.0 Å². The van der Waals surface area contributed by atoms with Crippen LogP contribution in [0.1, 0.15) is 12.5 Å². The highest BCUT2D eigenvalue weighted by molar-refractivity contribution is 7.92. The Morgan fingerprint density at radius 3 is 2.67 bits per heavy atom. The standard InChI is InChI=1S/C13H14Cl2N2O2S2/c1-2-16-7-9-5-10(14)6-12(13(9)15)21(18,19)17-11-3-4-20-8-11/h3-6,8,16-17H,2,7H2,1H3. The van der Waals surface area contributed by atoms with Crippen molar-refractivity contribution >= 4 is 50.2 Å². The predicted molar refractivity (Wildman–Crippen MR) is 89.0 cm³/mol. The molecule has 2 aromatic rings. The number of thiophene rings is 1. The van der Waals surface area contributed by atoms with Crippen molar-refractivity contribution in [2.75, 3.05) is 11.3 Å². The zero-order valence-corrected chi connectivity index (χ0v) is 14.3. The SMILES string of the molecule is CCNCc1cc(Cl)cc(S(=O)(=O)Nc2ccsc2)c1Cl. The molecule has 0 atom stereocenters. The molecule has 8 heteroatoms. The van der Waals surface area contributed by atoms with Crippen molar-refractivity contribution in [1.29, 1.82) is 0 Å². The van der Waals surface area contributed by atoms with Crippen LogP contribution in [0.3, 0.4) is 0 Å². The number of halogens is 2. The van der Waals surface area contributed by atoms with Crippen molar-refractivity contribution in [3.05, 3.63) is 44.6 Å². The molecule has 114 valence electrons. The lowest BCUT2D eigenvalue weighted by Crippen LogP contribution is -2.16. The first-order valence-corrected chi connectivity index (χ1v) is 9.36. The molecule has 0 aliphatic rings. The van der Waals surface area contributed by atoms with Gasteiger partial charge in [-0.1, -0.05) is 30.1 Å². The first-order chi connectivity index (χ1) is 9.94. The zero-order chi connectivity index (χ0) is 15.5. The lowest BCUT2D eigenvalue weighted by atomic mass is 10.2. The Hall–Kier alpha value is -0.790. The third kappa shape index (κ3) is 4.11. The van der Waals surface area contributed by atoms with E-state index in [1.807, 2.05) is 6.92 Å². The molecule has 2 rings (SSSR count). The van der Waals surface area contributed by atoms with E-state index in [4.69, 9.17) is 23.2 Å². The molecular weight excluding hydrogens is 351 g/mol. The number of anilines is 1. The van der Waals surface area contributed by atoms with E-state index >= 15 is 0 Å². The fraction of sp³-hybridized carbons (Fsp3) is 0.231. The number of nitrogens with one attached hydrogen (secondary N) is 2. The Morgan fingerprint density at radius 2 is 2.05 bits per heavy atom. The van der Waals surface area contributed by atoms with E-state index in [9.17, 15) is 8.42 Å². The average Bonchev–Trinajstić information content (AvgIpc) is 2.91. The van der Waals surface area contributed by atoms with E-state index in [2.05, 4.69) is 10.0 Å². The molecule has 21 heavy (non-hydrogen) atoms. The third-order valence-corrected chi connectivity index (χ3v) is 5.57. The van der Waals surface area contributed by atoms with Crippen LogP contribution in [-0.2, 0) is 16.6 Å². The molecule has 0 saturated heterocycles. The zero-order valence-electron chi connectivity index (χ0n) is 11.2. The molecule has 1 aromatic carbocycles. The van der Waals surface area contributed by atoms with Gasteiger partial charge in [0.05, 0.1) is 10.7 Å². The van der Waals surface area contributed by atoms with Crippen LogP contribution in [0.25, 0.3) is 0 Å². The summed E-state index contributed by atoms with van der Waals surface area (Å²) in [6.07, 6.45) is 0. The highest BCUT2D eigenvalue weighted by Crippen LogP contribution is 2.31. The number of sulfonamides is 1. The topological polar surface area (TPSA) is 58.2 Å². The highest BCUT2D eigenvalue weighted by Gasteiger charge is 2.21. The summed E-state index contributed by atoms with van der Waals surface area (Å²) >= 11 is 13.6. The van der Waals surface area contributed by atoms with Gasteiger partial charge in [-0.25, -0.2) is 8.42 Å². The fourth-order valence-corrected chi connectivity index (χ4v) is 4.38. The van der Waals surface area contributed by atoms with Gasteiger partial charge in [-0.15, -0.1) is 0 Å². The minimum Gasteiger partial charge on any atom is -0.313 e. The van der Waals surface area contributed by atoms with E-state index in [0.717, 1.165) is 6.54 Å². The number of benzene rings is 1. The second-order valence-electron chi connectivity index (χ2n) is 4.27. The summed E-state index contributed by atoms with van der Waals surface area (Å²) in [6, 6.07) is 4.70. The largest absolute Gasteiger partial charge is 0.313 e. The van der Waals surface area contributed by atoms with Gasteiger partial charge in [0.2, 0.25) is 0 Å². The van der Waals surface area contributed by atoms with Crippen LogP contribution in [0.5, 0.6) is 0 Å². The molecule has 0 aliphatic heterocycles. The maximum atomic E-state index is 12.4. The van der Waals surface area contributed by atoms with Gasteiger partial charge < -0.3 is 5.32 Å². The number of rotatable bonds is 6. The Morgan fingerprint density at radius 1 is 1.29 bits per heavy atom. The molecule has 0 saturated carbocycles. The van der Waals surface area contributed by atoms with Crippen molar-refractivity contribution < 1.29 is 8.42 Å². The predicted octanol–water partition coefficient (Wildman–Crippen LogP) is 3.97. The second-order valence-corrected chi connectivity index (χ2v) is 7.52. The van der Waals surface area contributed by atoms with Crippen LogP contribution >= 0.6 is 34.5 Å². The Kier molecular flexibility index (Phi) is 5.51. The van der Waals surface area contributed by atoms with Crippen LogP contribution in [-0.4, -0.2) is 15.0 Å². The Labute approximate surface area is 138 Å². The molecule has 0 aliphatic carbocycles. The van der Waals surface area contributed by atoms with Crippen molar-refractivity contribution in [3.8, 4) is 0 Å². The van der Waals surface area contributed by atoms with Crippen molar-refractivity contribution in [1.82, 2.24) is 5.32 Å². The summed E-state index contributed by atoms with van der Waals surface area (Å²) in [5.41, 5.74) is 1.15. The molecule has 0 fully saturated rings. The minimum atomic E-state index is -3.77. The minimum absolute atomic E-state index is 0.0178. The first-order valence-electron chi connectivity index (χ1n) is 6.17. The normalized spacial score (nSPS) is 11.6. The van der Waals surface area contributed by atoms with Gasteiger partial charge in [0, 0.05) is 16.9 Å². The van der Waals surface area contributed by atoms with E-state index in [-0.39, 0.29) is 9.92 Å². The summed E-state index contributed by atoms with van der Waals surface area (Å²) in [5, 5.41) is 7.10. The molecule has 1 heterocycles. The molecule has 0 radical (unpaired) electrons. The van der Waals surface area contributed by atoms with Gasteiger partial charge in [0.25, 0.3) is 10.0 Å². The second kappa shape index (κ2) is 6.98. The average molecular weight is 365 g/mol. The van der Waals surface area contributed by atoms with Crippen LogP contribution in [0, 0.1) is 0 Å². The lowest BCUT2D eigenvalue weighted by molar-refractivity contribution is 0.601. The van der Waals surface area contributed by atoms with Gasteiger partial charge in [0.15, 0.2) is 0 Å². The third-order valence-electron chi connectivity index (χ3n) is 2.71. The molecule has 1 aromatic heterocycles. The van der Waals surface area contributed by atoms with E-state index in [1.165, 1.54) is 17.4 Å². The quantitative estimate of drug-likeness (QED) is 0.815. The summed E-state index contributed by atoms with van der Waals surface area (Å²) in [7, 11) is -3.77. The smallest absolute Gasteiger partial charge is 0.263 e. The molecule has 0 amide bonds. The summed E-state index contributed by atoms with van der Waals surface area (Å²) < 4.78 is 27.3. The molecule has 0 spiro atoms. The van der Waals surface area contributed by atoms with Gasteiger partial charge in [-0.2, -0.15) is 11.3 Å². The van der Waals surface area contributed by atoms with E-state index in [1.54, 1.807) is 22.9 Å². The highest BCUT2D eigenvalue weighted by atomic mass is 35.5. The van der Waals surface area contributed by atoms with Gasteiger partial charge in [-0.05, 0) is 35.7 Å². The van der Waals surface area contributed by atoms with Crippen molar-refractivity contribution in [2.24, 2.45) is 0 Å². The van der Waals surface area contributed by atoms with E-state index in [0.29, 0.717) is 22.8 Å². The number of hydrogen-bond acceptors (Lipinski definition) is 4. The molecule has 0 unspecified atom stereocenters. The summed E-state index contributed by atoms with van der Waals surface area (Å²) in [4.78, 5) is -0.0178. The van der Waals surface area contributed by atoms with Crippen LogP contribution in [0.15, 0.2) is 33.9 Å². The molecule has 0 bridgehead atoms. The van der Waals surface area contributed by atoms with Crippen LogP contribution in [0.4, 0.5) is 5.69 Å². The molecular formula is C13H14Cl2N2O2S2. The van der Waals surface area contributed by atoms with Gasteiger partial charge in [0.1, 0.15) is 4.90 Å². The molecule has 4 nitrogen and oxygen atoms in total. The van der Waals surface area contributed by atoms with Crippen LogP contribution < -0.4 is 10.0 Å².